The molecule has 8 rings (SSSR count). The first-order chi connectivity index (χ1) is 27.8. The fraction of sp³-hybridized carbons (Fsp3) is 0.321. The van der Waals surface area contributed by atoms with Crippen molar-refractivity contribution in [3.63, 3.8) is 0 Å². The average molecular weight is 813 g/mol. The van der Waals surface area contributed by atoms with Crippen LogP contribution in [0.2, 0.25) is 0 Å². The third kappa shape index (κ3) is 6.78. The number of hydrogen-bond acceptors (Lipinski definition) is 0. The minimum atomic E-state index is -5.01. The number of fused-ring (bicyclic) bond motifs is 6. The Kier molecular flexibility index (Phi) is 9.32. The maximum atomic E-state index is 16.8. The molecule has 0 radical (unpaired) electrons. The highest BCUT2D eigenvalue weighted by Gasteiger charge is 2.41. The minimum absolute atomic E-state index is 0.135. The van der Waals surface area contributed by atoms with Gasteiger partial charge < -0.3 is 9.13 Å². The van der Waals surface area contributed by atoms with Gasteiger partial charge in [-0.3, -0.25) is 0 Å². The van der Waals surface area contributed by atoms with Crippen molar-refractivity contribution < 1.29 is 22.0 Å². The summed E-state index contributed by atoms with van der Waals surface area (Å²) < 4.78 is 86.3. The van der Waals surface area contributed by atoms with E-state index in [1.165, 1.54) is 18.2 Å². The molecule has 0 saturated carbocycles. The molecule has 0 spiro atoms. The summed E-state index contributed by atoms with van der Waals surface area (Å²) in [4.78, 5) is 0. The van der Waals surface area contributed by atoms with E-state index in [0.717, 1.165) is 55.9 Å². The van der Waals surface area contributed by atoms with Crippen LogP contribution in [0.15, 0.2) is 103 Å². The van der Waals surface area contributed by atoms with E-state index in [9.17, 15) is 0 Å². The minimum Gasteiger partial charge on any atom is -0.309 e. The molecule has 2 heterocycles. The largest absolute Gasteiger partial charge is 0.420 e. The van der Waals surface area contributed by atoms with Crippen molar-refractivity contribution in [3.05, 3.63) is 143 Å². The van der Waals surface area contributed by atoms with Gasteiger partial charge in [-0.05, 0) is 92.4 Å². The van der Waals surface area contributed by atoms with Crippen LogP contribution in [-0.2, 0) is 27.8 Å². The number of aromatic nitrogens is 2. The van der Waals surface area contributed by atoms with E-state index >= 15 is 22.0 Å². The van der Waals surface area contributed by atoms with Gasteiger partial charge in [-0.1, -0.05) is 138 Å². The Balaban J connectivity index is 1.67. The van der Waals surface area contributed by atoms with Crippen molar-refractivity contribution >= 4 is 43.6 Å². The lowest BCUT2D eigenvalue weighted by molar-refractivity contribution is -0.137. The molecule has 8 aromatic rings. The number of nitrogens with zero attached hydrogens (tertiary/aromatic N) is 2. The molecule has 0 N–H and O–H groups in total. The molecule has 0 fully saturated rings. The molecular formula is C53H53F5N2. The Morgan fingerprint density at radius 1 is 0.400 bits per heavy atom. The van der Waals surface area contributed by atoms with Crippen LogP contribution >= 0.6 is 0 Å². The summed E-state index contributed by atoms with van der Waals surface area (Å²) in [6, 6.07) is 30.2. The van der Waals surface area contributed by atoms with Gasteiger partial charge in [-0.2, -0.15) is 13.2 Å². The van der Waals surface area contributed by atoms with Gasteiger partial charge in [0.25, 0.3) is 0 Å². The van der Waals surface area contributed by atoms with Crippen LogP contribution in [0.5, 0.6) is 0 Å². The zero-order valence-corrected chi connectivity index (χ0v) is 36.6. The third-order valence-corrected chi connectivity index (χ3v) is 12.1. The average Bonchev–Trinajstić information content (AvgIpc) is 3.64. The van der Waals surface area contributed by atoms with E-state index in [4.69, 9.17) is 0 Å². The van der Waals surface area contributed by atoms with Gasteiger partial charge in [-0.25, -0.2) is 8.78 Å². The Morgan fingerprint density at radius 3 is 1.05 bits per heavy atom. The van der Waals surface area contributed by atoms with Crippen LogP contribution in [-0.4, -0.2) is 9.13 Å². The molecule has 0 unspecified atom stereocenters. The molecule has 0 aliphatic carbocycles. The van der Waals surface area contributed by atoms with Crippen LogP contribution < -0.4 is 0 Å². The van der Waals surface area contributed by atoms with E-state index in [2.05, 4.69) is 83.1 Å². The Hall–Kier alpha value is -5.43. The molecule has 0 aliphatic rings. The molecule has 0 amide bonds. The number of halogens is 5. The first-order valence-corrected chi connectivity index (χ1v) is 20.6. The van der Waals surface area contributed by atoms with Crippen molar-refractivity contribution in [3.8, 4) is 22.5 Å². The summed E-state index contributed by atoms with van der Waals surface area (Å²) in [6.45, 7) is 24.8. The Morgan fingerprint density at radius 2 is 0.733 bits per heavy atom. The van der Waals surface area contributed by atoms with Crippen molar-refractivity contribution in [1.29, 1.82) is 0 Å². The standard InChI is InChI=1S/C53H53F5N2/c1-49(2,3)30-16-20-34-35-21-17-31(50(4,5)6)27-43(35)59(42(34)26-30)41-25-24-38(46-39(54)14-13-15-40(46)55)48(47(41)53(56,57)58)60-44-28-32(51(7,8)9)18-22-36(44)37-23-19-33(29-45(37)60)52(10,11)12/h13-29H,1-12H3. The summed E-state index contributed by atoms with van der Waals surface area (Å²) in [5, 5.41) is 3.08. The molecular weight excluding hydrogens is 760 g/mol. The van der Waals surface area contributed by atoms with Crippen molar-refractivity contribution in [2.24, 2.45) is 0 Å². The molecule has 60 heavy (non-hydrogen) atoms. The second-order valence-corrected chi connectivity index (χ2v) is 20.5. The molecule has 2 aromatic heterocycles. The normalized spacial score (nSPS) is 13.4. The second kappa shape index (κ2) is 13.5. The van der Waals surface area contributed by atoms with Gasteiger partial charge in [0.2, 0.25) is 0 Å². The van der Waals surface area contributed by atoms with Crippen LogP contribution in [0.25, 0.3) is 66.1 Å². The zero-order chi connectivity index (χ0) is 43.6. The SMILES string of the molecule is CC(C)(C)c1ccc2c3ccc(C(C)(C)C)cc3n(-c3ccc(-c4c(F)cccc4F)c(-n4c5cc(C(C)(C)C)ccc5c5ccc(C(C)(C)C)cc54)c3C(F)(F)F)c2c1. The number of alkyl halides is 3. The van der Waals surface area contributed by atoms with Gasteiger partial charge in [0.15, 0.2) is 0 Å². The molecule has 0 atom stereocenters. The van der Waals surface area contributed by atoms with E-state index in [0.29, 0.717) is 22.1 Å². The Bertz CT molecular complexity index is 2860. The van der Waals surface area contributed by atoms with Crippen molar-refractivity contribution in [1.82, 2.24) is 9.13 Å². The lowest BCUT2D eigenvalue weighted by Crippen LogP contribution is -2.18. The van der Waals surface area contributed by atoms with Crippen molar-refractivity contribution in [2.75, 3.05) is 0 Å². The van der Waals surface area contributed by atoms with Crippen LogP contribution in [0.3, 0.4) is 0 Å². The molecule has 7 heteroatoms. The van der Waals surface area contributed by atoms with Gasteiger partial charge >= 0.3 is 6.18 Å². The van der Waals surface area contributed by atoms with E-state index in [1.54, 1.807) is 9.13 Å². The van der Waals surface area contributed by atoms with Crippen LogP contribution in [0.4, 0.5) is 22.0 Å². The summed E-state index contributed by atoms with van der Waals surface area (Å²) in [6.07, 6.45) is -5.01. The predicted molar refractivity (Wildman–Crippen MR) is 240 cm³/mol. The summed E-state index contributed by atoms with van der Waals surface area (Å²) in [5.41, 5.74) is 2.44. The quantitative estimate of drug-likeness (QED) is 0.157. The highest BCUT2D eigenvalue weighted by molar-refractivity contribution is 6.12. The zero-order valence-electron chi connectivity index (χ0n) is 36.6. The fourth-order valence-corrected chi connectivity index (χ4v) is 8.64. The van der Waals surface area contributed by atoms with Gasteiger partial charge in [-0.15, -0.1) is 0 Å². The topological polar surface area (TPSA) is 9.86 Å². The maximum Gasteiger partial charge on any atom is 0.420 e. The fourth-order valence-electron chi connectivity index (χ4n) is 8.64. The molecule has 310 valence electrons. The maximum absolute atomic E-state index is 16.8. The highest BCUT2D eigenvalue weighted by atomic mass is 19.4. The lowest BCUT2D eigenvalue weighted by atomic mass is 9.86. The summed E-state index contributed by atoms with van der Waals surface area (Å²) in [7, 11) is 0. The summed E-state index contributed by atoms with van der Waals surface area (Å²) in [5.74, 6) is -1.91. The van der Waals surface area contributed by atoms with E-state index in [1.807, 2.05) is 72.8 Å². The highest BCUT2D eigenvalue weighted by Crippen LogP contribution is 2.49. The summed E-state index contributed by atoms with van der Waals surface area (Å²) >= 11 is 0. The predicted octanol–water partition coefficient (Wildman–Crippen LogP) is 16.0. The first-order valence-electron chi connectivity index (χ1n) is 20.6. The smallest absolute Gasteiger partial charge is 0.309 e. The van der Waals surface area contributed by atoms with Gasteiger partial charge in [0.05, 0.1) is 39.0 Å². The first kappa shape index (κ1) is 41.3. The molecule has 6 aromatic carbocycles. The number of rotatable bonds is 3. The van der Waals surface area contributed by atoms with Gasteiger partial charge in [0.1, 0.15) is 17.2 Å². The molecule has 2 nitrogen and oxygen atoms in total. The molecule has 0 bridgehead atoms. The van der Waals surface area contributed by atoms with Crippen LogP contribution in [0, 0.1) is 11.6 Å². The number of benzene rings is 6. The third-order valence-electron chi connectivity index (χ3n) is 12.1. The van der Waals surface area contributed by atoms with Crippen LogP contribution in [0.1, 0.15) is 111 Å². The van der Waals surface area contributed by atoms with E-state index in [-0.39, 0.29) is 38.6 Å². The van der Waals surface area contributed by atoms with Gasteiger partial charge in [0, 0.05) is 27.1 Å². The second-order valence-electron chi connectivity index (χ2n) is 20.5. The van der Waals surface area contributed by atoms with E-state index < -0.39 is 28.9 Å². The monoisotopic (exact) mass is 812 g/mol. The molecule has 0 aliphatic heterocycles. The lowest BCUT2D eigenvalue weighted by Gasteiger charge is -2.26. The molecule has 0 saturated heterocycles. The number of hydrogen-bond donors (Lipinski definition) is 0. The Labute approximate surface area is 349 Å². The van der Waals surface area contributed by atoms with Crippen molar-refractivity contribution in [2.45, 2.75) is 111 Å².